The molecule has 11 nitrogen and oxygen atoms in total. The molecule has 4 fully saturated rings. The molecule has 0 radical (unpaired) electrons. The Morgan fingerprint density at radius 2 is 2.14 bits per heavy atom. The van der Waals surface area contributed by atoms with E-state index in [1.807, 2.05) is 0 Å². The number of fused-ring (bicyclic) bond motifs is 1. The Balaban J connectivity index is 0.000000645. The van der Waals surface area contributed by atoms with Crippen LogP contribution in [0, 0.1) is 18.8 Å². The van der Waals surface area contributed by atoms with E-state index in [9.17, 15) is 13.2 Å². The quantitative estimate of drug-likeness (QED) is 0.532. The predicted octanol–water partition coefficient (Wildman–Crippen LogP) is -0.485. The minimum Gasteiger partial charge on any atom is -0.483 e. The van der Waals surface area contributed by atoms with Gasteiger partial charge in [0.25, 0.3) is 12.4 Å². The van der Waals surface area contributed by atoms with Crippen LogP contribution in [0.25, 0.3) is 0 Å². The Morgan fingerprint density at radius 1 is 1.41 bits per heavy atom. The molecular formula is C17H25N5O6S. The molecule has 3 saturated heterocycles. The van der Waals surface area contributed by atoms with Crippen molar-refractivity contribution < 1.29 is 27.9 Å². The molecule has 3 aliphatic heterocycles. The topological polar surface area (TPSA) is 155 Å². The van der Waals surface area contributed by atoms with E-state index in [4.69, 9.17) is 14.6 Å². The Kier molecular flexibility index (Phi) is 5.11. The van der Waals surface area contributed by atoms with Crippen LogP contribution in [-0.4, -0.2) is 82.8 Å². The summed E-state index contributed by atoms with van der Waals surface area (Å²) < 4.78 is 33.4. The van der Waals surface area contributed by atoms with Crippen LogP contribution < -0.4 is 4.72 Å². The Bertz CT molecular complexity index is 900. The molecule has 1 spiro atoms. The fourth-order valence-electron chi connectivity index (χ4n) is 4.96. The molecule has 1 aromatic heterocycles. The number of ether oxygens (including phenoxy) is 1. The van der Waals surface area contributed by atoms with Crippen LogP contribution in [0.3, 0.4) is 0 Å². The Labute approximate surface area is 168 Å². The van der Waals surface area contributed by atoms with Crippen LogP contribution >= 0.6 is 0 Å². The number of nitrogens with one attached hydrogen (secondary N) is 2. The normalized spacial score (nSPS) is 32.6. The summed E-state index contributed by atoms with van der Waals surface area (Å²) in [6, 6.07) is 0. The Hall–Kier alpha value is -2.05. The van der Waals surface area contributed by atoms with Gasteiger partial charge in [-0.3, -0.25) is 9.59 Å². The first-order valence-electron chi connectivity index (χ1n) is 9.72. The van der Waals surface area contributed by atoms with Crippen LogP contribution in [0.15, 0.2) is 0 Å². The van der Waals surface area contributed by atoms with E-state index in [0.717, 1.165) is 25.7 Å². The average molecular weight is 427 g/mol. The van der Waals surface area contributed by atoms with Gasteiger partial charge in [-0.25, -0.2) is 13.1 Å². The van der Waals surface area contributed by atoms with E-state index in [0.29, 0.717) is 31.0 Å². The molecule has 12 heteroatoms. The van der Waals surface area contributed by atoms with Gasteiger partial charge in [0, 0.05) is 24.9 Å². The highest BCUT2D eigenvalue weighted by Crippen LogP contribution is 2.54. The van der Waals surface area contributed by atoms with Gasteiger partial charge < -0.3 is 14.7 Å². The minimum absolute atomic E-state index is 0.0907. The van der Waals surface area contributed by atoms with Crippen LogP contribution in [0.1, 0.15) is 41.9 Å². The van der Waals surface area contributed by atoms with Gasteiger partial charge in [-0.05, 0) is 32.6 Å². The maximum absolute atomic E-state index is 12.8. The molecular weight excluding hydrogens is 402 g/mol. The van der Waals surface area contributed by atoms with Crippen molar-refractivity contribution in [1.82, 2.24) is 25.0 Å². The van der Waals surface area contributed by atoms with Crippen LogP contribution in [0.5, 0.6) is 0 Å². The lowest BCUT2D eigenvalue weighted by Gasteiger charge is -2.29. The van der Waals surface area contributed by atoms with E-state index < -0.39 is 10.0 Å². The highest BCUT2D eigenvalue weighted by atomic mass is 32.2. The highest BCUT2D eigenvalue weighted by molar-refractivity contribution is 7.90. The molecule has 5 rings (SSSR count). The fourth-order valence-corrected chi connectivity index (χ4v) is 6.38. The van der Waals surface area contributed by atoms with E-state index in [1.54, 1.807) is 11.8 Å². The second-order valence-electron chi connectivity index (χ2n) is 8.17. The molecule has 1 aliphatic carbocycles. The first-order chi connectivity index (χ1) is 13.8. The molecule has 3 N–H and O–H groups in total. The van der Waals surface area contributed by atoms with Gasteiger partial charge in [-0.2, -0.15) is 15.4 Å². The molecule has 1 amide bonds. The molecule has 160 valence electrons. The van der Waals surface area contributed by atoms with E-state index in [-0.39, 0.29) is 41.2 Å². The van der Waals surface area contributed by atoms with Crippen LogP contribution in [0.2, 0.25) is 0 Å². The molecule has 1 aromatic rings. The predicted molar refractivity (Wildman–Crippen MR) is 99.5 cm³/mol. The third-order valence-corrected chi connectivity index (χ3v) is 8.40. The van der Waals surface area contributed by atoms with Gasteiger partial charge in [-0.15, -0.1) is 0 Å². The monoisotopic (exact) mass is 427 g/mol. The fraction of sp³-hybridized carbons (Fsp3) is 0.765. The van der Waals surface area contributed by atoms with Crippen LogP contribution in [-0.2, 0) is 19.6 Å². The van der Waals surface area contributed by atoms with Crippen molar-refractivity contribution in [3.63, 3.8) is 0 Å². The van der Waals surface area contributed by atoms with Crippen molar-refractivity contribution in [1.29, 1.82) is 0 Å². The van der Waals surface area contributed by atoms with E-state index in [1.165, 1.54) is 0 Å². The number of rotatable bonds is 5. The van der Waals surface area contributed by atoms with Crippen molar-refractivity contribution in [3.8, 4) is 0 Å². The maximum atomic E-state index is 12.8. The van der Waals surface area contributed by atoms with E-state index in [2.05, 4.69) is 20.1 Å². The first kappa shape index (κ1) is 20.2. The lowest BCUT2D eigenvalue weighted by molar-refractivity contribution is -0.122. The number of carbonyl (C=O) groups excluding carboxylic acids is 1. The number of likely N-dealkylation sites (tertiary alicyclic amines) is 1. The van der Waals surface area contributed by atoms with Gasteiger partial charge in [-0.1, -0.05) is 0 Å². The number of amides is 1. The summed E-state index contributed by atoms with van der Waals surface area (Å²) in [7, 11) is -3.20. The second-order valence-corrected chi connectivity index (χ2v) is 10.2. The molecule has 4 aliphatic rings. The zero-order valence-corrected chi connectivity index (χ0v) is 16.9. The van der Waals surface area contributed by atoms with Gasteiger partial charge in [0.15, 0.2) is 5.69 Å². The van der Waals surface area contributed by atoms with Gasteiger partial charge in [0.05, 0.1) is 29.2 Å². The Morgan fingerprint density at radius 3 is 2.76 bits per heavy atom. The summed E-state index contributed by atoms with van der Waals surface area (Å²) in [6.07, 6.45) is 3.46. The smallest absolute Gasteiger partial charge is 0.290 e. The van der Waals surface area contributed by atoms with Crippen molar-refractivity contribution in [2.24, 2.45) is 11.8 Å². The van der Waals surface area contributed by atoms with Crippen molar-refractivity contribution in [3.05, 3.63) is 11.4 Å². The lowest BCUT2D eigenvalue weighted by Crippen LogP contribution is -2.42. The van der Waals surface area contributed by atoms with Crippen molar-refractivity contribution >= 4 is 22.4 Å². The number of nitrogens with zero attached hydrogens (tertiary/aromatic N) is 3. The molecule has 4 heterocycles. The zero-order valence-electron chi connectivity index (χ0n) is 16.1. The number of aromatic amines is 1. The lowest BCUT2D eigenvalue weighted by atomic mass is 9.74. The van der Waals surface area contributed by atoms with Crippen LogP contribution in [0.4, 0.5) is 0 Å². The third kappa shape index (κ3) is 3.53. The zero-order chi connectivity index (χ0) is 20.8. The summed E-state index contributed by atoms with van der Waals surface area (Å²) in [4.78, 5) is 22.9. The molecule has 0 unspecified atom stereocenters. The number of H-pyrrole nitrogens is 1. The standard InChI is InChI=1S/C16H23N5O4S.CH2O2/c1-9-14(19-20-18-9)15(22)21-7-12-11(6-17-26(23,24)10-2-3-10)13-4-5-16(12,8-21)25-13;2-1-3/h10-13,17H,2-8H2,1H3,(H,18,19,20);1H,(H,2,3)/t11-,12+,13+,16+;/m0./s1. The summed E-state index contributed by atoms with van der Waals surface area (Å²) >= 11 is 0. The number of aromatic nitrogens is 3. The number of sulfonamides is 1. The van der Waals surface area contributed by atoms with Crippen molar-refractivity contribution in [2.45, 2.75) is 49.6 Å². The summed E-state index contributed by atoms with van der Waals surface area (Å²) in [6.45, 7) is 3.03. The summed E-state index contributed by atoms with van der Waals surface area (Å²) in [5, 5.41) is 17.1. The molecule has 2 bridgehead atoms. The molecule has 0 aromatic carbocycles. The second kappa shape index (κ2) is 7.33. The van der Waals surface area contributed by atoms with Crippen molar-refractivity contribution in [2.75, 3.05) is 19.6 Å². The number of carboxylic acid groups (broad SMARTS) is 1. The summed E-state index contributed by atoms with van der Waals surface area (Å²) in [5.74, 6) is 0.150. The third-order valence-electron chi connectivity index (χ3n) is 6.48. The maximum Gasteiger partial charge on any atom is 0.290 e. The number of carbonyl (C=O) groups is 2. The number of hydrogen-bond acceptors (Lipinski definition) is 7. The molecule has 29 heavy (non-hydrogen) atoms. The minimum atomic E-state index is -3.20. The van der Waals surface area contributed by atoms with E-state index >= 15 is 0 Å². The average Bonchev–Trinajstić information content (AvgIpc) is 3.05. The van der Waals surface area contributed by atoms with Gasteiger partial charge >= 0.3 is 0 Å². The number of hydrogen-bond donors (Lipinski definition) is 3. The van der Waals surface area contributed by atoms with Gasteiger partial charge in [0.1, 0.15) is 0 Å². The van der Waals surface area contributed by atoms with Gasteiger partial charge in [0.2, 0.25) is 10.0 Å². The SMILES string of the molecule is Cc1n[nH]nc1C(=O)N1C[C@@H]2[C@H](CNS(=O)(=O)C3CC3)[C@H]3CC[C@]2(C1)O3.O=CO. The largest absolute Gasteiger partial charge is 0.483 e. The summed E-state index contributed by atoms with van der Waals surface area (Å²) in [5.41, 5.74) is 0.610. The highest BCUT2D eigenvalue weighted by Gasteiger charge is 2.63. The number of aryl methyl sites for hydroxylation is 1. The molecule has 4 atom stereocenters. The molecule has 1 saturated carbocycles. The first-order valence-corrected chi connectivity index (χ1v) is 11.3.